The number of thiophene rings is 1. The number of aryl methyl sites for hydroxylation is 2. The second kappa shape index (κ2) is 9.89. The summed E-state index contributed by atoms with van der Waals surface area (Å²) in [6, 6.07) is 15.5. The van der Waals surface area contributed by atoms with E-state index in [-0.39, 0.29) is 6.61 Å². The zero-order chi connectivity index (χ0) is 22.6. The average Bonchev–Trinajstić information content (AvgIpc) is 3.22. The van der Waals surface area contributed by atoms with Crippen LogP contribution in [0.15, 0.2) is 53.5 Å². The average molecular weight is 478 g/mol. The lowest BCUT2D eigenvalue weighted by atomic mass is 9.97. The van der Waals surface area contributed by atoms with Crippen molar-refractivity contribution in [2.24, 2.45) is 4.99 Å². The molecule has 5 rings (SSSR count). The fourth-order valence-electron chi connectivity index (χ4n) is 3.96. The number of halogens is 1. The van der Waals surface area contributed by atoms with Crippen molar-refractivity contribution in [3.8, 4) is 11.5 Å². The topological polar surface area (TPSA) is 56.6 Å². The summed E-state index contributed by atoms with van der Waals surface area (Å²) in [6.07, 6.45) is 6.47. The molecule has 0 saturated carbocycles. The third-order valence-corrected chi connectivity index (χ3v) is 7.03. The molecule has 0 fully saturated rings. The van der Waals surface area contributed by atoms with Gasteiger partial charge in [-0.3, -0.25) is 4.99 Å². The Bertz CT molecular complexity index is 1280. The van der Waals surface area contributed by atoms with Gasteiger partial charge in [-0.15, -0.1) is 11.3 Å². The number of benzene rings is 2. The highest BCUT2D eigenvalue weighted by molar-refractivity contribution is 7.19. The van der Waals surface area contributed by atoms with E-state index in [0.717, 1.165) is 45.8 Å². The first-order chi connectivity index (χ1) is 16.2. The Morgan fingerprint density at radius 3 is 2.48 bits per heavy atom. The Hall–Kier alpha value is -2.96. The van der Waals surface area contributed by atoms with Crippen molar-refractivity contribution in [3.63, 3.8) is 0 Å². The molecule has 33 heavy (non-hydrogen) atoms. The molecular weight excluding hydrogens is 454 g/mol. The Kier molecular flexibility index (Phi) is 6.55. The van der Waals surface area contributed by atoms with Gasteiger partial charge >= 0.3 is 0 Å². The van der Waals surface area contributed by atoms with Crippen LogP contribution in [0.3, 0.4) is 0 Å². The Labute approximate surface area is 202 Å². The van der Waals surface area contributed by atoms with Crippen LogP contribution in [0.1, 0.15) is 41.6 Å². The smallest absolute Gasteiger partial charge is 0.169 e. The minimum atomic E-state index is 0.276. The predicted molar refractivity (Wildman–Crippen MR) is 135 cm³/mol. The molecule has 7 heteroatoms. The first kappa shape index (κ1) is 21.9. The van der Waals surface area contributed by atoms with E-state index in [1.807, 2.05) is 61.7 Å². The summed E-state index contributed by atoms with van der Waals surface area (Å²) in [5.41, 5.74) is 3.21. The maximum atomic E-state index is 6.53. The Morgan fingerprint density at radius 2 is 1.70 bits per heavy atom. The number of fused-ring (bicyclic) bond motifs is 3. The van der Waals surface area contributed by atoms with Gasteiger partial charge in [-0.05, 0) is 92.3 Å². The molecule has 0 saturated heterocycles. The monoisotopic (exact) mass is 477 g/mol. The number of ether oxygens (including phenoxy) is 2. The number of hydrogen-bond donors (Lipinski definition) is 0. The number of aromatic nitrogens is 2. The van der Waals surface area contributed by atoms with Gasteiger partial charge in [-0.25, -0.2) is 9.97 Å². The molecule has 0 spiro atoms. The summed E-state index contributed by atoms with van der Waals surface area (Å²) in [5, 5.41) is 1.58. The third-order valence-electron chi connectivity index (χ3n) is 5.58. The van der Waals surface area contributed by atoms with Gasteiger partial charge in [0, 0.05) is 11.1 Å². The van der Waals surface area contributed by atoms with E-state index < -0.39 is 0 Å². The summed E-state index contributed by atoms with van der Waals surface area (Å²) in [6.45, 7) is 2.90. The lowest BCUT2D eigenvalue weighted by Gasteiger charge is -2.10. The SMILES string of the molecule is CCOc1ccc(N=Cc2ccc(OCc3nc(Cl)c4c5c(sc4n3)CCCC5)cc2)cc1. The number of aliphatic imine (C=N–C) groups is 1. The molecular formula is C26H24ClN3O2S. The molecule has 0 unspecified atom stereocenters. The van der Waals surface area contributed by atoms with Gasteiger partial charge < -0.3 is 9.47 Å². The minimum Gasteiger partial charge on any atom is -0.494 e. The molecule has 0 amide bonds. The predicted octanol–water partition coefficient (Wildman–Crippen LogP) is 6.95. The van der Waals surface area contributed by atoms with Crippen molar-refractivity contribution in [1.82, 2.24) is 9.97 Å². The highest BCUT2D eigenvalue weighted by atomic mass is 35.5. The molecule has 0 aliphatic heterocycles. The summed E-state index contributed by atoms with van der Waals surface area (Å²) < 4.78 is 11.4. The van der Waals surface area contributed by atoms with Crippen LogP contribution in [-0.2, 0) is 19.4 Å². The van der Waals surface area contributed by atoms with Gasteiger partial charge in [0.2, 0.25) is 0 Å². The highest BCUT2D eigenvalue weighted by Gasteiger charge is 2.20. The van der Waals surface area contributed by atoms with Crippen molar-refractivity contribution in [2.45, 2.75) is 39.2 Å². The van der Waals surface area contributed by atoms with Gasteiger partial charge in [0.15, 0.2) is 5.82 Å². The summed E-state index contributed by atoms with van der Waals surface area (Å²) in [7, 11) is 0. The van der Waals surface area contributed by atoms with E-state index >= 15 is 0 Å². The van der Waals surface area contributed by atoms with Gasteiger partial charge in [0.25, 0.3) is 0 Å². The zero-order valence-electron chi connectivity index (χ0n) is 18.4. The lowest BCUT2D eigenvalue weighted by Crippen LogP contribution is -2.03. The van der Waals surface area contributed by atoms with E-state index in [4.69, 9.17) is 26.1 Å². The quantitative estimate of drug-likeness (QED) is 0.213. The van der Waals surface area contributed by atoms with E-state index in [2.05, 4.69) is 9.98 Å². The largest absolute Gasteiger partial charge is 0.494 e. The molecule has 0 radical (unpaired) electrons. The van der Waals surface area contributed by atoms with Crippen molar-refractivity contribution in [1.29, 1.82) is 0 Å². The Morgan fingerprint density at radius 1 is 0.970 bits per heavy atom. The summed E-state index contributed by atoms with van der Waals surface area (Å²) in [4.78, 5) is 16.1. The van der Waals surface area contributed by atoms with Gasteiger partial charge in [-0.1, -0.05) is 11.6 Å². The van der Waals surface area contributed by atoms with Crippen LogP contribution >= 0.6 is 22.9 Å². The highest BCUT2D eigenvalue weighted by Crippen LogP contribution is 2.38. The first-order valence-electron chi connectivity index (χ1n) is 11.2. The van der Waals surface area contributed by atoms with Gasteiger partial charge in [0.1, 0.15) is 28.1 Å². The molecule has 4 aromatic rings. The standard InChI is InChI=1S/C26H24ClN3O2S/c1-2-31-19-13-9-18(10-14-19)28-15-17-7-11-20(12-8-17)32-16-23-29-25(27)24-21-5-3-4-6-22(21)33-26(24)30-23/h7-15H,2-6,16H2,1H3. The molecule has 2 aromatic carbocycles. The normalized spacial score (nSPS) is 13.4. The molecule has 2 heterocycles. The van der Waals surface area contributed by atoms with Crippen LogP contribution < -0.4 is 9.47 Å². The van der Waals surface area contributed by atoms with Crippen LogP contribution in [0.25, 0.3) is 10.2 Å². The van der Waals surface area contributed by atoms with Crippen LogP contribution in [0.5, 0.6) is 11.5 Å². The number of rotatable bonds is 7. The van der Waals surface area contributed by atoms with Crippen LogP contribution in [-0.4, -0.2) is 22.8 Å². The van der Waals surface area contributed by atoms with Gasteiger partial charge in [0.05, 0.1) is 17.7 Å². The molecule has 0 bridgehead atoms. The van der Waals surface area contributed by atoms with Gasteiger partial charge in [-0.2, -0.15) is 0 Å². The third kappa shape index (κ3) is 5.02. The number of nitrogens with zero attached hydrogens (tertiary/aromatic N) is 3. The molecule has 168 valence electrons. The fraction of sp³-hybridized carbons (Fsp3) is 0.269. The second-order valence-corrected chi connectivity index (χ2v) is 9.31. The first-order valence-corrected chi connectivity index (χ1v) is 12.4. The Balaban J connectivity index is 1.23. The summed E-state index contributed by atoms with van der Waals surface area (Å²) >= 11 is 8.28. The summed E-state index contributed by atoms with van der Waals surface area (Å²) in [5.74, 6) is 2.20. The molecule has 0 N–H and O–H groups in total. The van der Waals surface area contributed by atoms with Crippen molar-refractivity contribution in [2.75, 3.05) is 6.61 Å². The molecule has 1 aliphatic carbocycles. The zero-order valence-corrected chi connectivity index (χ0v) is 20.0. The van der Waals surface area contributed by atoms with Crippen molar-refractivity contribution in [3.05, 3.63) is 75.5 Å². The minimum absolute atomic E-state index is 0.276. The van der Waals surface area contributed by atoms with E-state index in [1.165, 1.54) is 23.3 Å². The molecule has 0 atom stereocenters. The van der Waals surface area contributed by atoms with E-state index in [0.29, 0.717) is 17.6 Å². The lowest BCUT2D eigenvalue weighted by molar-refractivity contribution is 0.296. The molecule has 5 nitrogen and oxygen atoms in total. The maximum absolute atomic E-state index is 6.53. The second-order valence-electron chi connectivity index (χ2n) is 7.86. The number of hydrogen-bond acceptors (Lipinski definition) is 6. The molecule has 2 aromatic heterocycles. The van der Waals surface area contributed by atoms with Crippen LogP contribution in [0, 0.1) is 0 Å². The molecule has 1 aliphatic rings. The van der Waals surface area contributed by atoms with E-state index in [1.54, 1.807) is 11.3 Å². The fourth-order valence-corrected chi connectivity index (χ4v) is 5.60. The maximum Gasteiger partial charge on any atom is 0.169 e. The van der Waals surface area contributed by atoms with Crippen molar-refractivity contribution >= 4 is 45.1 Å². The van der Waals surface area contributed by atoms with Crippen molar-refractivity contribution < 1.29 is 9.47 Å². The van der Waals surface area contributed by atoms with Crippen LogP contribution in [0.4, 0.5) is 5.69 Å². The van der Waals surface area contributed by atoms with Crippen LogP contribution in [0.2, 0.25) is 5.15 Å². The van der Waals surface area contributed by atoms with E-state index in [9.17, 15) is 0 Å².